The van der Waals surface area contributed by atoms with Gasteiger partial charge in [-0.25, -0.2) is 13.8 Å². The highest BCUT2D eigenvalue weighted by molar-refractivity contribution is 8.00. The first-order valence-electron chi connectivity index (χ1n) is 17.8. The number of alkyl halides is 3. The van der Waals surface area contributed by atoms with E-state index < -0.39 is 11.9 Å². The van der Waals surface area contributed by atoms with Gasteiger partial charge in [-0.15, -0.1) is 11.6 Å². The molecule has 262 valence electrons. The van der Waals surface area contributed by atoms with E-state index in [1.807, 2.05) is 11.8 Å². The average Bonchev–Trinajstić information content (AvgIpc) is 3.46. The number of halogens is 3. The number of piperidine rings is 2. The van der Waals surface area contributed by atoms with Gasteiger partial charge in [-0.1, -0.05) is 0 Å². The fourth-order valence-corrected chi connectivity index (χ4v) is 11.9. The van der Waals surface area contributed by atoms with Gasteiger partial charge in [-0.2, -0.15) is 11.8 Å². The monoisotopic (exact) mass is 697 g/mol. The van der Waals surface area contributed by atoms with E-state index in [4.69, 9.17) is 21.3 Å². The van der Waals surface area contributed by atoms with Crippen LogP contribution in [-0.4, -0.2) is 116 Å². The summed E-state index contributed by atoms with van der Waals surface area (Å²) in [5.41, 5.74) is 1.77. The van der Waals surface area contributed by atoms with E-state index >= 15 is 0 Å². The molecule has 2 N–H and O–H groups in total. The van der Waals surface area contributed by atoms with Crippen molar-refractivity contribution in [2.45, 2.75) is 125 Å². The minimum absolute atomic E-state index is 0.0295. The Kier molecular flexibility index (Phi) is 10.0. The number of aromatic nitrogens is 2. The molecule has 4 aliphatic heterocycles. The molecule has 47 heavy (non-hydrogen) atoms. The lowest BCUT2D eigenvalue weighted by Crippen LogP contribution is -2.62. The second-order valence-electron chi connectivity index (χ2n) is 15.2. The van der Waals surface area contributed by atoms with Crippen molar-refractivity contribution < 1.29 is 23.4 Å². The van der Waals surface area contributed by atoms with Crippen LogP contribution < -0.4 is 10.9 Å². The van der Waals surface area contributed by atoms with Crippen molar-refractivity contribution in [1.29, 1.82) is 0 Å². The maximum atomic E-state index is 13.9. The summed E-state index contributed by atoms with van der Waals surface area (Å²) in [5, 5.41) is 13.8. The zero-order valence-electron chi connectivity index (χ0n) is 27.6. The second kappa shape index (κ2) is 13.8. The molecule has 0 spiro atoms. The van der Waals surface area contributed by atoms with E-state index in [2.05, 4.69) is 17.1 Å². The molecule has 0 amide bonds. The van der Waals surface area contributed by atoms with Crippen molar-refractivity contribution >= 4 is 29.3 Å². The molecule has 1 saturated carbocycles. The fourth-order valence-electron chi connectivity index (χ4n) is 9.72. The summed E-state index contributed by atoms with van der Waals surface area (Å²) in [7, 11) is 0. The average molecular weight is 698 g/mol. The number of hydrogen-bond acceptors (Lipinski definition) is 8. The van der Waals surface area contributed by atoms with Crippen LogP contribution in [0.4, 0.5) is 8.78 Å². The number of fused-ring (bicyclic) bond motifs is 2. The normalized spacial score (nSPS) is 38.0. The SMILES string of the molecule is Cc1nc2c(c(=O)n1CCOC1CCC(Cl)CC1C1CC(C)NC3C(C(=O)O)CSC13)C[C@H](N1CCC(N3CC(F)(F)C3)CC1)CC2. The molecule has 1 aromatic heterocycles. The van der Waals surface area contributed by atoms with Crippen molar-refractivity contribution in [3.63, 3.8) is 0 Å². The number of likely N-dealkylation sites (tertiary alicyclic amines) is 2. The zero-order chi connectivity index (χ0) is 33.0. The Bertz CT molecular complexity index is 1370. The third kappa shape index (κ3) is 7.02. The van der Waals surface area contributed by atoms with Crippen LogP contribution in [0.25, 0.3) is 0 Å². The lowest BCUT2D eigenvalue weighted by atomic mass is 9.70. The summed E-state index contributed by atoms with van der Waals surface area (Å²) < 4.78 is 35.2. The van der Waals surface area contributed by atoms with Gasteiger partial charge >= 0.3 is 5.97 Å². The van der Waals surface area contributed by atoms with Crippen LogP contribution in [0.3, 0.4) is 0 Å². The largest absolute Gasteiger partial charge is 0.481 e. The van der Waals surface area contributed by atoms with Crippen LogP contribution in [0.2, 0.25) is 0 Å². The molecule has 8 unspecified atom stereocenters. The molecule has 1 aromatic rings. The molecule has 0 radical (unpaired) electrons. The van der Waals surface area contributed by atoms with E-state index in [0.29, 0.717) is 31.2 Å². The minimum Gasteiger partial charge on any atom is -0.481 e. The van der Waals surface area contributed by atoms with Gasteiger partial charge in [0.05, 0.1) is 44.0 Å². The Labute approximate surface area is 285 Å². The van der Waals surface area contributed by atoms with E-state index in [1.165, 1.54) is 0 Å². The Hall–Kier alpha value is -1.31. The second-order valence-corrected chi connectivity index (χ2v) is 17.0. The summed E-state index contributed by atoms with van der Waals surface area (Å²) in [6, 6.07) is 0.722. The van der Waals surface area contributed by atoms with Gasteiger partial charge in [0.25, 0.3) is 11.5 Å². The number of ether oxygens (including phenoxy) is 1. The van der Waals surface area contributed by atoms with Crippen LogP contribution in [-0.2, 0) is 28.9 Å². The lowest BCUT2D eigenvalue weighted by Gasteiger charge is -2.48. The molecule has 5 heterocycles. The van der Waals surface area contributed by atoms with E-state index in [9.17, 15) is 23.5 Å². The highest BCUT2D eigenvalue weighted by Crippen LogP contribution is 2.48. The smallest absolute Gasteiger partial charge is 0.308 e. The molecular formula is C34H50ClF2N5O4S. The molecular weight excluding hydrogens is 648 g/mol. The Morgan fingerprint density at radius 1 is 1.11 bits per heavy atom. The van der Waals surface area contributed by atoms with E-state index in [0.717, 1.165) is 81.5 Å². The maximum absolute atomic E-state index is 13.9. The van der Waals surface area contributed by atoms with Gasteiger partial charge in [0.15, 0.2) is 0 Å². The fraction of sp³-hybridized carbons (Fsp3) is 0.853. The third-order valence-corrected chi connectivity index (χ3v) is 14.1. The first-order chi connectivity index (χ1) is 22.5. The topological polar surface area (TPSA) is 99.9 Å². The van der Waals surface area contributed by atoms with Crippen LogP contribution in [0.5, 0.6) is 0 Å². The highest BCUT2D eigenvalue weighted by Gasteiger charge is 2.52. The van der Waals surface area contributed by atoms with Crippen LogP contribution in [0.15, 0.2) is 4.79 Å². The molecule has 2 aliphatic carbocycles. The first-order valence-corrected chi connectivity index (χ1v) is 19.3. The van der Waals surface area contributed by atoms with Crippen LogP contribution >= 0.6 is 23.4 Å². The number of aliphatic carboxylic acids is 1. The number of rotatable bonds is 8. The highest BCUT2D eigenvalue weighted by atomic mass is 35.5. The number of hydrogen-bond donors (Lipinski definition) is 2. The molecule has 9 atom stereocenters. The van der Waals surface area contributed by atoms with Gasteiger partial charge in [-0.3, -0.25) is 24.0 Å². The minimum atomic E-state index is -2.52. The number of carboxylic acids is 1. The van der Waals surface area contributed by atoms with E-state index in [1.54, 1.807) is 16.3 Å². The Morgan fingerprint density at radius 2 is 1.87 bits per heavy atom. The molecule has 6 aliphatic rings. The standard InChI is InChI=1S/C34H50ClF2N5O4S/c1-19-13-25(31-30(38-19)27(16-47-31)33(44)45)24-14-21(35)3-6-29(24)46-12-11-42-20(2)39-28-5-4-23(15-26(28)32(42)43)40-9-7-22(8-10-40)41-17-34(36,37)18-41/h19,21-25,27,29-31,38H,3-18H2,1-2H3,(H,44,45)/t19?,21?,23-,24?,25?,27?,29?,30?,31?/m1/s1. The van der Waals surface area contributed by atoms with Crippen molar-refractivity contribution in [3.8, 4) is 0 Å². The first kappa shape index (κ1) is 34.2. The van der Waals surface area contributed by atoms with Crippen LogP contribution in [0, 0.1) is 24.7 Å². The molecule has 5 fully saturated rings. The number of carbonyl (C=O) groups is 1. The van der Waals surface area contributed by atoms with Gasteiger partial charge in [0, 0.05) is 46.1 Å². The van der Waals surface area contributed by atoms with Crippen molar-refractivity contribution in [2.24, 2.45) is 17.8 Å². The van der Waals surface area contributed by atoms with Crippen molar-refractivity contribution in [1.82, 2.24) is 24.7 Å². The molecule has 7 rings (SSSR count). The molecule has 0 aromatic carbocycles. The Morgan fingerprint density at radius 3 is 2.60 bits per heavy atom. The molecule has 13 heteroatoms. The number of nitrogens with one attached hydrogen (secondary N) is 1. The number of aryl methyl sites for hydroxylation is 2. The summed E-state index contributed by atoms with van der Waals surface area (Å²) in [4.78, 5) is 35.2. The number of thioether (sulfide) groups is 1. The third-order valence-electron chi connectivity index (χ3n) is 12.2. The quantitative estimate of drug-likeness (QED) is 0.393. The number of carboxylic acid groups (broad SMARTS) is 1. The van der Waals surface area contributed by atoms with Gasteiger partial charge < -0.3 is 15.2 Å². The Balaban J connectivity index is 0.981. The zero-order valence-corrected chi connectivity index (χ0v) is 29.2. The lowest BCUT2D eigenvalue weighted by molar-refractivity contribution is -0.152. The predicted molar refractivity (Wildman–Crippen MR) is 179 cm³/mol. The van der Waals surface area contributed by atoms with Gasteiger partial charge in [-0.05, 0) is 96.6 Å². The predicted octanol–water partition coefficient (Wildman–Crippen LogP) is 3.80. The molecule has 4 saturated heterocycles. The van der Waals surface area contributed by atoms with Crippen LogP contribution in [0.1, 0.15) is 69.0 Å². The summed E-state index contributed by atoms with van der Waals surface area (Å²) in [5.74, 6) is -1.67. The summed E-state index contributed by atoms with van der Waals surface area (Å²) in [6.45, 7) is 6.47. The number of nitrogens with zero attached hydrogens (tertiary/aromatic N) is 4. The molecule has 9 nitrogen and oxygen atoms in total. The van der Waals surface area contributed by atoms with E-state index in [-0.39, 0.29) is 71.4 Å². The van der Waals surface area contributed by atoms with Crippen molar-refractivity contribution in [2.75, 3.05) is 38.5 Å². The van der Waals surface area contributed by atoms with Gasteiger partial charge in [0.2, 0.25) is 0 Å². The summed E-state index contributed by atoms with van der Waals surface area (Å²) >= 11 is 8.54. The summed E-state index contributed by atoms with van der Waals surface area (Å²) in [6.07, 6.45) is 7.87. The van der Waals surface area contributed by atoms with Crippen molar-refractivity contribution in [3.05, 3.63) is 27.4 Å². The maximum Gasteiger partial charge on any atom is 0.308 e. The van der Waals surface area contributed by atoms with Gasteiger partial charge in [0.1, 0.15) is 5.82 Å². The molecule has 0 bridgehead atoms.